The topological polar surface area (TPSA) is 65.7 Å². The number of hydrogen-bond donors (Lipinski definition) is 0. The predicted molar refractivity (Wildman–Crippen MR) is 92.2 cm³/mol. The van der Waals surface area contributed by atoms with Crippen LogP contribution in [-0.4, -0.2) is 25.5 Å². The van der Waals surface area contributed by atoms with Gasteiger partial charge >= 0.3 is 5.97 Å². The molecule has 1 aromatic carbocycles. The van der Waals surface area contributed by atoms with E-state index in [1.165, 1.54) is 6.08 Å². The SMILES string of the molecule is CCOC(=O)[C@H]1C(=O)C=C(c2ccco2)C[C@H]1c1ccc(OC)cc1. The molecular formula is C20H20O5. The molecule has 0 aliphatic heterocycles. The molecule has 1 aliphatic rings. The van der Waals surface area contributed by atoms with Crippen LogP contribution in [-0.2, 0) is 14.3 Å². The molecule has 2 atom stereocenters. The number of ketones is 1. The van der Waals surface area contributed by atoms with Gasteiger partial charge < -0.3 is 13.9 Å². The van der Waals surface area contributed by atoms with E-state index in [1.54, 1.807) is 26.4 Å². The first-order valence-corrected chi connectivity index (χ1v) is 8.23. The molecule has 25 heavy (non-hydrogen) atoms. The molecule has 0 amide bonds. The van der Waals surface area contributed by atoms with Crippen molar-refractivity contribution in [1.82, 2.24) is 0 Å². The quantitative estimate of drug-likeness (QED) is 0.614. The molecule has 5 heteroatoms. The van der Waals surface area contributed by atoms with E-state index in [2.05, 4.69) is 0 Å². The Morgan fingerprint density at radius 1 is 1.24 bits per heavy atom. The maximum absolute atomic E-state index is 12.7. The molecule has 0 N–H and O–H groups in total. The maximum atomic E-state index is 12.7. The van der Waals surface area contributed by atoms with Crippen LogP contribution in [0.4, 0.5) is 0 Å². The number of methoxy groups -OCH3 is 1. The molecule has 0 radical (unpaired) electrons. The first-order chi connectivity index (χ1) is 12.1. The highest BCUT2D eigenvalue weighted by atomic mass is 16.5. The molecule has 0 saturated heterocycles. The fourth-order valence-corrected chi connectivity index (χ4v) is 3.18. The fraction of sp³-hybridized carbons (Fsp3) is 0.300. The lowest BCUT2D eigenvalue weighted by molar-refractivity contribution is -0.151. The minimum absolute atomic E-state index is 0.243. The Labute approximate surface area is 146 Å². The maximum Gasteiger partial charge on any atom is 0.317 e. The zero-order valence-corrected chi connectivity index (χ0v) is 14.2. The average Bonchev–Trinajstić information content (AvgIpc) is 3.16. The van der Waals surface area contributed by atoms with E-state index in [4.69, 9.17) is 13.9 Å². The second-order valence-corrected chi connectivity index (χ2v) is 5.86. The van der Waals surface area contributed by atoms with Crippen LogP contribution in [0.25, 0.3) is 5.57 Å². The largest absolute Gasteiger partial charge is 0.497 e. The standard InChI is InChI=1S/C20H20O5/c1-3-24-20(22)19-16(13-6-8-15(23-2)9-7-13)11-14(12-17(19)21)18-5-4-10-25-18/h4-10,12,16,19H,3,11H2,1-2H3/t16-,19+/m0/s1. The summed E-state index contributed by atoms with van der Waals surface area (Å²) in [6.45, 7) is 1.98. The van der Waals surface area contributed by atoms with Crippen LogP contribution in [0.1, 0.15) is 30.6 Å². The monoisotopic (exact) mass is 340 g/mol. The summed E-state index contributed by atoms with van der Waals surface area (Å²) in [4.78, 5) is 25.1. The zero-order chi connectivity index (χ0) is 17.8. The predicted octanol–water partition coefficient (Wildman–Crippen LogP) is 3.61. The highest BCUT2D eigenvalue weighted by molar-refractivity contribution is 6.10. The van der Waals surface area contributed by atoms with Gasteiger partial charge in [-0.1, -0.05) is 12.1 Å². The van der Waals surface area contributed by atoms with E-state index in [0.717, 1.165) is 16.9 Å². The van der Waals surface area contributed by atoms with Crippen molar-refractivity contribution in [3.63, 3.8) is 0 Å². The average molecular weight is 340 g/mol. The van der Waals surface area contributed by atoms with Crippen molar-refractivity contribution in [3.05, 3.63) is 60.1 Å². The van der Waals surface area contributed by atoms with Gasteiger partial charge in [-0.05, 0) is 54.8 Å². The van der Waals surface area contributed by atoms with E-state index < -0.39 is 11.9 Å². The molecule has 1 aliphatic carbocycles. The fourth-order valence-electron chi connectivity index (χ4n) is 3.18. The molecule has 0 spiro atoms. The smallest absolute Gasteiger partial charge is 0.317 e. The van der Waals surface area contributed by atoms with Crippen LogP contribution in [0.3, 0.4) is 0 Å². The Bertz CT molecular complexity index is 771. The Morgan fingerprint density at radius 2 is 2.00 bits per heavy atom. The summed E-state index contributed by atoms with van der Waals surface area (Å²) in [6, 6.07) is 11.0. The Balaban J connectivity index is 1.98. The first kappa shape index (κ1) is 17.0. The number of rotatable bonds is 5. The lowest BCUT2D eigenvalue weighted by Crippen LogP contribution is -2.33. The molecule has 0 unspecified atom stereocenters. The van der Waals surface area contributed by atoms with Crippen LogP contribution in [0.15, 0.2) is 53.2 Å². The van der Waals surface area contributed by atoms with Crippen LogP contribution < -0.4 is 4.74 Å². The molecule has 0 fully saturated rings. The van der Waals surface area contributed by atoms with E-state index in [1.807, 2.05) is 30.3 Å². The molecule has 2 aromatic rings. The minimum Gasteiger partial charge on any atom is -0.497 e. The van der Waals surface area contributed by atoms with Crippen LogP contribution in [0.5, 0.6) is 5.75 Å². The van der Waals surface area contributed by atoms with Gasteiger partial charge in [0.15, 0.2) is 5.78 Å². The minimum atomic E-state index is -0.841. The summed E-state index contributed by atoms with van der Waals surface area (Å²) in [5.41, 5.74) is 1.68. The molecule has 130 valence electrons. The number of furan rings is 1. The molecule has 5 nitrogen and oxygen atoms in total. The number of carbonyl (C=O) groups is 2. The third kappa shape index (κ3) is 3.50. The summed E-state index contributed by atoms with van der Waals surface area (Å²) >= 11 is 0. The van der Waals surface area contributed by atoms with Gasteiger partial charge in [-0.15, -0.1) is 0 Å². The van der Waals surface area contributed by atoms with Crippen LogP contribution >= 0.6 is 0 Å². The molecule has 0 saturated carbocycles. The summed E-state index contributed by atoms with van der Waals surface area (Å²) in [5, 5.41) is 0. The van der Waals surface area contributed by atoms with Crippen molar-refractivity contribution in [3.8, 4) is 5.75 Å². The van der Waals surface area contributed by atoms with Crippen LogP contribution in [0.2, 0.25) is 0 Å². The highest BCUT2D eigenvalue weighted by Crippen LogP contribution is 2.40. The van der Waals surface area contributed by atoms with E-state index in [9.17, 15) is 9.59 Å². The molecule has 3 rings (SSSR count). The van der Waals surface area contributed by atoms with Crippen molar-refractivity contribution >= 4 is 17.3 Å². The summed E-state index contributed by atoms with van der Waals surface area (Å²) < 4.78 is 15.8. The van der Waals surface area contributed by atoms with Crippen molar-refractivity contribution in [2.75, 3.05) is 13.7 Å². The number of ether oxygens (including phenoxy) is 2. The van der Waals surface area contributed by atoms with Gasteiger partial charge in [0.05, 0.1) is 20.0 Å². The second-order valence-electron chi connectivity index (χ2n) is 5.86. The number of esters is 1. The second kappa shape index (κ2) is 7.38. The third-order valence-electron chi connectivity index (χ3n) is 4.39. The number of allylic oxidation sites excluding steroid dienone is 2. The lowest BCUT2D eigenvalue weighted by atomic mass is 9.74. The van der Waals surface area contributed by atoms with E-state index >= 15 is 0 Å². The number of carbonyl (C=O) groups excluding carboxylic acids is 2. The molecule has 1 aromatic heterocycles. The van der Waals surface area contributed by atoms with Gasteiger partial charge in [-0.25, -0.2) is 0 Å². The van der Waals surface area contributed by atoms with Crippen molar-refractivity contribution in [1.29, 1.82) is 0 Å². The normalized spacial score (nSPS) is 20.1. The Morgan fingerprint density at radius 3 is 2.60 bits per heavy atom. The van der Waals surface area contributed by atoms with Crippen molar-refractivity contribution in [2.45, 2.75) is 19.3 Å². The van der Waals surface area contributed by atoms with E-state index in [0.29, 0.717) is 12.2 Å². The molecule has 0 bridgehead atoms. The molecule has 1 heterocycles. The highest BCUT2D eigenvalue weighted by Gasteiger charge is 2.40. The lowest BCUT2D eigenvalue weighted by Gasteiger charge is -2.28. The van der Waals surface area contributed by atoms with Gasteiger partial charge in [0, 0.05) is 5.92 Å². The van der Waals surface area contributed by atoms with E-state index in [-0.39, 0.29) is 18.3 Å². The van der Waals surface area contributed by atoms with Crippen molar-refractivity contribution < 1.29 is 23.5 Å². The third-order valence-corrected chi connectivity index (χ3v) is 4.39. The van der Waals surface area contributed by atoms with Gasteiger partial charge in [-0.3, -0.25) is 9.59 Å². The summed E-state index contributed by atoms with van der Waals surface area (Å²) in [5.74, 6) is -0.510. The zero-order valence-electron chi connectivity index (χ0n) is 14.2. The summed E-state index contributed by atoms with van der Waals surface area (Å²) in [7, 11) is 1.60. The van der Waals surface area contributed by atoms with Crippen LogP contribution in [0, 0.1) is 5.92 Å². The van der Waals surface area contributed by atoms with Crippen molar-refractivity contribution in [2.24, 2.45) is 5.92 Å². The van der Waals surface area contributed by atoms with Gasteiger partial charge in [0.1, 0.15) is 17.4 Å². The Kier molecular flexibility index (Phi) is 5.03. The van der Waals surface area contributed by atoms with Gasteiger partial charge in [0.25, 0.3) is 0 Å². The first-order valence-electron chi connectivity index (χ1n) is 8.23. The Hall–Kier alpha value is -2.82. The molecular weight excluding hydrogens is 320 g/mol. The number of hydrogen-bond acceptors (Lipinski definition) is 5. The summed E-state index contributed by atoms with van der Waals surface area (Å²) in [6.07, 6.45) is 3.59. The van der Waals surface area contributed by atoms with Gasteiger partial charge in [0.2, 0.25) is 0 Å². The number of benzene rings is 1. The van der Waals surface area contributed by atoms with Gasteiger partial charge in [-0.2, -0.15) is 0 Å².